The number of benzene rings is 1. The van der Waals surface area contributed by atoms with E-state index in [-0.39, 0.29) is 0 Å². The lowest BCUT2D eigenvalue weighted by molar-refractivity contribution is 0.788. The molecule has 0 saturated carbocycles. The molecule has 1 heterocycles. The summed E-state index contributed by atoms with van der Waals surface area (Å²) in [5.74, 6) is 0. The van der Waals surface area contributed by atoms with Crippen molar-refractivity contribution in [3.05, 3.63) is 33.9 Å². The van der Waals surface area contributed by atoms with Gasteiger partial charge in [-0.25, -0.2) is 0 Å². The van der Waals surface area contributed by atoms with Gasteiger partial charge in [0.1, 0.15) is 0 Å². The lowest BCUT2D eigenvalue weighted by Gasteiger charge is -2.04. The summed E-state index contributed by atoms with van der Waals surface area (Å²) in [4.78, 5) is 0. The molecule has 0 saturated heterocycles. The summed E-state index contributed by atoms with van der Waals surface area (Å²) in [5, 5.41) is 1.33. The van der Waals surface area contributed by atoms with Crippen LogP contribution in [-0.2, 0) is 13.0 Å². The second kappa shape index (κ2) is 4.60. The van der Waals surface area contributed by atoms with Gasteiger partial charge < -0.3 is 10.3 Å². The van der Waals surface area contributed by atoms with E-state index in [9.17, 15) is 0 Å². The first kappa shape index (κ1) is 11.7. The highest BCUT2D eigenvalue weighted by atomic mass is 79.9. The number of aryl methyl sites for hydroxylation is 2. The van der Waals surface area contributed by atoms with Crippen molar-refractivity contribution >= 4 is 26.8 Å². The van der Waals surface area contributed by atoms with E-state index in [1.807, 2.05) is 0 Å². The Bertz CT molecular complexity index is 514. The Morgan fingerprint density at radius 1 is 1.38 bits per heavy atom. The molecule has 2 rings (SSSR count). The van der Waals surface area contributed by atoms with Crippen LogP contribution >= 0.6 is 15.9 Å². The molecule has 86 valence electrons. The van der Waals surface area contributed by atoms with Crippen molar-refractivity contribution in [1.82, 2.24) is 4.57 Å². The molecular formula is C13H17BrN2. The molecule has 0 aliphatic rings. The summed E-state index contributed by atoms with van der Waals surface area (Å²) in [6.07, 6.45) is 3.18. The zero-order chi connectivity index (χ0) is 11.7. The fourth-order valence-electron chi connectivity index (χ4n) is 2.29. The molecule has 0 unspecified atom stereocenters. The number of halogens is 1. The van der Waals surface area contributed by atoms with Gasteiger partial charge >= 0.3 is 0 Å². The average molecular weight is 281 g/mol. The highest BCUT2D eigenvalue weighted by Gasteiger charge is 2.10. The Balaban J connectivity index is 2.74. The van der Waals surface area contributed by atoms with Crippen LogP contribution in [0.5, 0.6) is 0 Å². The Morgan fingerprint density at radius 2 is 2.12 bits per heavy atom. The van der Waals surface area contributed by atoms with Gasteiger partial charge in [-0.2, -0.15) is 0 Å². The number of hydrogen-bond acceptors (Lipinski definition) is 1. The van der Waals surface area contributed by atoms with Crippen LogP contribution in [0.4, 0.5) is 0 Å². The number of nitrogens with two attached hydrogens (primary N) is 1. The highest BCUT2D eigenvalue weighted by molar-refractivity contribution is 9.10. The van der Waals surface area contributed by atoms with E-state index >= 15 is 0 Å². The van der Waals surface area contributed by atoms with E-state index in [4.69, 9.17) is 5.73 Å². The van der Waals surface area contributed by atoms with E-state index in [2.05, 4.69) is 52.7 Å². The maximum atomic E-state index is 5.66. The summed E-state index contributed by atoms with van der Waals surface area (Å²) >= 11 is 3.56. The third-order valence-corrected chi connectivity index (χ3v) is 3.42. The number of aromatic nitrogens is 1. The molecule has 2 aromatic rings. The Kier molecular flexibility index (Phi) is 3.36. The van der Waals surface area contributed by atoms with Crippen molar-refractivity contribution in [2.75, 3.05) is 6.54 Å². The van der Waals surface area contributed by atoms with E-state index in [1.165, 1.54) is 22.0 Å². The minimum atomic E-state index is 0.703. The summed E-state index contributed by atoms with van der Waals surface area (Å²) in [6, 6.07) is 4.36. The van der Waals surface area contributed by atoms with Crippen LogP contribution in [0.1, 0.15) is 18.1 Å². The predicted molar refractivity (Wildman–Crippen MR) is 72.8 cm³/mol. The van der Waals surface area contributed by atoms with Crippen LogP contribution in [0.2, 0.25) is 0 Å². The van der Waals surface area contributed by atoms with Crippen LogP contribution in [-0.4, -0.2) is 11.1 Å². The molecule has 16 heavy (non-hydrogen) atoms. The summed E-state index contributed by atoms with van der Waals surface area (Å²) < 4.78 is 3.45. The largest absolute Gasteiger partial charge is 0.347 e. The van der Waals surface area contributed by atoms with Crippen LogP contribution in [0.3, 0.4) is 0 Å². The van der Waals surface area contributed by atoms with Gasteiger partial charge in [-0.15, -0.1) is 0 Å². The molecule has 0 radical (unpaired) electrons. The van der Waals surface area contributed by atoms with E-state index in [0.717, 1.165) is 17.4 Å². The van der Waals surface area contributed by atoms with E-state index in [0.29, 0.717) is 6.54 Å². The Morgan fingerprint density at radius 3 is 2.75 bits per heavy atom. The van der Waals surface area contributed by atoms with Gasteiger partial charge in [0.15, 0.2) is 0 Å². The smallest absolute Gasteiger partial charge is 0.0513 e. The zero-order valence-electron chi connectivity index (χ0n) is 9.76. The normalized spacial score (nSPS) is 11.2. The fourth-order valence-corrected chi connectivity index (χ4v) is 2.86. The van der Waals surface area contributed by atoms with Crippen LogP contribution in [0.15, 0.2) is 22.8 Å². The lowest BCUT2D eigenvalue weighted by Crippen LogP contribution is -2.02. The maximum Gasteiger partial charge on any atom is 0.0513 e. The van der Waals surface area contributed by atoms with Gasteiger partial charge in [-0.3, -0.25) is 0 Å². The van der Waals surface area contributed by atoms with Gasteiger partial charge in [-0.1, -0.05) is 15.9 Å². The second-order valence-electron chi connectivity index (χ2n) is 4.10. The maximum absolute atomic E-state index is 5.66. The molecule has 0 bridgehead atoms. The summed E-state index contributed by atoms with van der Waals surface area (Å²) in [5.41, 5.74) is 9.66. The molecule has 0 fully saturated rings. The molecule has 0 atom stereocenters. The van der Waals surface area contributed by atoms with E-state index in [1.54, 1.807) is 0 Å². The number of hydrogen-bond donors (Lipinski definition) is 1. The standard InChI is InChI=1S/C13H17BrN2/c1-3-16-8-10(4-5-15)12-7-11(14)6-9(2)13(12)16/h6-8H,3-5,15H2,1-2H3. The molecule has 2 nitrogen and oxygen atoms in total. The van der Waals surface area contributed by atoms with Gasteiger partial charge in [0, 0.05) is 22.6 Å². The summed E-state index contributed by atoms with van der Waals surface area (Å²) in [7, 11) is 0. The molecule has 2 N–H and O–H groups in total. The van der Waals surface area contributed by atoms with Crippen molar-refractivity contribution < 1.29 is 0 Å². The highest BCUT2D eigenvalue weighted by Crippen LogP contribution is 2.28. The predicted octanol–water partition coefficient (Wildman–Crippen LogP) is 3.23. The average Bonchev–Trinajstić information content (AvgIpc) is 2.57. The number of rotatable bonds is 3. The second-order valence-corrected chi connectivity index (χ2v) is 5.01. The third-order valence-electron chi connectivity index (χ3n) is 2.96. The van der Waals surface area contributed by atoms with Crippen molar-refractivity contribution in [2.45, 2.75) is 26.8 Å². The molecule has 1 aromatic carbocycles. The first-order valence-electron chi connectivity index (χ1n) is 5.65. The topological polar surface area (TPSA) is 30.9 Å². The molecular weight excluding hydrogens is 264 g/mol. The van der Waals surface area contributed by atoms with Crippen molar-refractivity contribution in [3.63, 3.8) is 0 Å². The SMILES string of the molecule is CCn1cc(CCN)c2cc(Br)cc(C)c21. The van der Waals surface area contributed by atoms with E-state index < -0.39 is 0 Å². The minimum absolute atomic E-state index is 0.703. The Hall–Kier alpha value is -0.800. The quantitative estimate of drug-likeness (QED) is 0.920. The van der Waals surface area contributed by atoms with Crippen LogP contribution in [0.25, 0.3) is 10.9 Å². The van der Waals surface area contributed by atoms with Gasteiger partial charge in [0.25, 0.3) is 0 Å². The van der Waals surface area contributed by atoms with Crippen LogP contribution in [0, 0.1) is 6.92 Å². The molecule has 0 spiro atoms. The van der Waals surface area contributed by atoms with Gasteiger partial charge in [0.05, 0.1) is 5.52 Å². The fraction of sp³-hybridized carbons (Fsp3) is 0.385. The lowest BCUT2D eigenvalue weighted by atomic mass is 10.1. The molecule has 3 heteroatoms. The molecule has 0 aliphatic carbocycles. The molecule has 0 amide bonds. The monoisotopic (exact) mass is 280 g/mol. The van der Waals surface area contributed by atoms with Gasteiger partial charge in [0.2, 0.25) is 0 Å². The van der Waals surface area contributed by atoms with Crippen molar-refractivity contribution in [3.8, 4) is 0 Å². The first-order valence-corrected chi connectivity index (χ1v) is 6.44. The first-order chi connectivity index (χ1) is 7.67. The summed E-state index contributed by atoms with van der Waals surface area (Å²) in [6.45, 7) is 6.04. The number of nitrogens with zero attached hydrogens (tertiary/aromatic N) is 1. The van der Waals surface area contributed by atoms with Crippen molar-refractivity contribution in [2.24, 2.45) is 5.73 Å². The number of fused-ring (bicyclic) bond motifs is 1. The third kappa shape index (κ3) is 1.89. The minimum Gasteiger partial charge on any atom is -0.347 e. The van der Waals surface area contributed by atoms with Crippen LogP contribution < -0.4 is 5.73 Å². The molecule has 0 aliphatic heterocycles. The zero-order valence-corrected chi connectivity index (χ0v) is 11.3. The molecule has 1 aromatic heterocycles. The van der Waals surface area contributed by atoms with Gasteiger partial charge in [-0.05, 0) is 50.1 Å². The Labute approximate surface area is 105 Å². The van der Waals surface area contributed by atoms with Crippen molar-refractivity contribution in [1.29, 1.82) is 0 Å².